The molecule has 222 valence electrons. The van der Waals surface area contributed by atoms with E-state index in [-0.39, 0.29) is 38.0 Å². The van der Waals surface area contributed by atoms with E-state index < -0.39 is 26.2 Å². The third-order valence-electron chi connectivity index (χ3n) is 6.47. The minimum Gasteiger partial charge on any atom is -0.497 e. The van der Waals surface area contributed by atoms with Crippen molar-refractivity contribution in [2.45, 2.75) is 38.9 Å². The summed E-state index contributed by atoms with van der Waals surface area (Å²) in [5, 5.41) is 17.1. The Hall–Kier alpha value is -4.07. The Morgan fingerprint density at radius 3 is 2.45 bits per heavy atom. The van der Waals surface area contributed by atoms with Crippen molar-refractivity contribution in [1.82, 2.24) is 30.7 Å². The molecule has 2 aromatic carbocycles. The number of nitrogens with one attached hydrogen (secondary N) is 3. The fraction of sp³-hybridized carbons (Fsp3) is 0.357. The third-order valence-corrected chi connectivity index (χ3v) is 7.76. The third kappa shape index (κ3) is 7.81. The molecule has 14 heteroatoms. The normalized spacial score (nSPS) is 14.1. The van der Waals surface area contributed by atoms with Gasteiger partial charge < -0.3 is 25.5 Å². The predicted molar refractivity (Wildman–Crippen MR) is 160 cm³/mol. The smallest absolute Gasteiger partial charge is 0.239 e. The van der Waals surface area contributed by atoms with Crippen LogP contribution in [0.15, 0.2) is 47.5 Å². The van der Waals surface area contributed by atoms with Gasteiger partial charge in [0.25, 0.3) is 0 Å². The number of carbonyl (C=O) groups excluding carboxylic acids is 3. The van der Waals surface area contributed by atoms with E-state index in [1.165, 1.54) is 0 Å². The summed E-state index contributed by atoms with van der Waals surface area (Å²) in [6, 6.07) is 12.2. The molecule has 1 atom stereocenters. The lowest BCUT2D eigenvalue weighted by atomic mass is 10.00. The van der Waals surface area contributed by atoms with Gasteiger partial charge in [-0.25, -0.2) is 0 Å². The molecule has 3 amide bonds. The number of aliphatic imine (C=N–C) groups is 1. The summed E-state index contributed by atoms with van der Waals surface area (Å²) in [6.45, 7) is 5.11. The Bertz CT molecular complexity index is 1500. The van der Waals surface area contributed by atoms with Gasteiger partial charge in [0.05, 0.1) is 31.5 Å². The fourth-order valence-electron chi connectivity index (χ4n) is 4.38. The molecule has 0 spiro atoms. The van der Waals surface area contributed by atoms with Crippen molar-refractivity contribution >= 4 is 43.4 Å². The van der Waals surface area contributed by atoms with Gasteiger partial charge in [-0.1, -0.05) is 23.7 Å². The Morgan fingerprint density at radius 1 is 1.02 bits per heavy atom. The quantitative estimate of drug-likeness (QED) is 0.241. The van der Waals surface area contributed by atoms with Crippen molar-refractivity contribution in [3.05, 3.63) is 70.3 Å². The summed E-state index contributed by atoms with van der Waals surface area (Å²) in [4.78, 5) is 52.0. The number of halogens is 1. The number of ether oxygens (including phenoxy) is 1. The van der Waals surface area contributed by atoms with Gasteiger partial charge in [-0.2, -0.15) is 0 Å². The van der Waals surface area contributed by atoms with Crippen LogP contribution in [-0.4, -0.2) is 77.7 Å². The zero-order chi connectivity index (χ0) is 30.4. The van der Waals surface area contributed by atoms with Crippen LogP contribution in [0.4, 0.5) is 0 Å². The number of aromatic nitrogens is 3. The molecule has 0 saturated heterocycles. The second-order valence-electron chi connectivity index (χ2n) is 10.5. The molecule has 12 nitrogen and oxygen atoms in total. The van der Waals surface area contributed by atoms with Crippen LogP contribution in [0.1, 0.15) is 41.7 Å². The molecular formula is C28H34ClN7O5Si. The first-order valence-corrected chi connectivity index (χ1v) is 17.0. The molecule has 3 aromatic rings. The molecule has 0 aliphatic carbocycles. The standard InChI is InChI=1S/C28H34ClN7O5Si/c1-17-34-35-28-22(14-25(38)31-15-26(39)30-12-11-24(37)32-16-42(3,4)40)33-27(18-5-7-19(29)8-6-18)21-13-20(41-2)9-10-23(21)36(17)28/h5-10,13,22,40H,11-12,14-16H2,1-4H3,(H,30,39)(H,31,38)(H,32,37)/t22-/m0/s1. The first-order valence-electron chi connectivity index (χ1n) is 13.4. The van der Waals surface area contributed by atoms with E-state index in [1.807, 2.05) is 41.8 Å². The van der Waals surface area contributed by atoms with Crippen LogP contribution in [0.5, 0.6) is 5.75 Å². The summed E-state index contributed by atoms with van der Waals surface area (Å²) in [5.41, 5.74) is 2.99. The SMILES string of the molecule is COc1ccc2c(c1)C(c1ccc(Cl)cc1)=N[C@@H](CC(=O)NCC(=O)NCCC(=O)NC[Si](C)(C)O)c1nnc(C)n1-2. The molecule has 0 unspecified atom stereocenters. The number of amides is 3. The number of nitrogens with zero attached hydrogens (tertiary/aromatic N) is 4. The van der Waals surface area contributed by atoms with Crippen molar-refractivity contribution in [2.75, 3.05) is 26.4 Å². The molecule has 42 heavy (non-hydrogen) atoms. The lowest BCUT2D eigenvalue weighted by Crippen LogP contribution is -2.43. The largest absolute Gasteiger partial charge is 0.497 e. The van der Waals surface area contributed by atoms with Crippen molar-refractivity contribution in [3.63, 3.8) is 0 Å². The number of fused-ring (bicyclic) bond motifs is 3. The van der Waals surface area contributed by atoms with Crippen LogP contribution in [0.2, 0.25) is 18.1 Å². The predicted octanol–water partition coefficient (Wildman–Crippen LogP) is 2.00. The van der Waals surface area contributed by atoms with Crippen molar-refractivity contribution in [3.8, 4) is 11.4 Å². The van der Waals surface area contributed by atoms with Gasteiger partial charge in [0.15, 0.2) is 5.82 Å². The van der Waals surface area contributed by atoms with Gasteiger partial charge in [0.1, 0.15) is 17.6 Å². The summed E-state index contributed by atoms with van der Waals surface area (Å²) in [5.74, 6) is 0.650. The monoisotopic (exact) mass is 611 g/mol. The number of benzene rings is 2. The Balaban J connectivity index is 1.48. The maximum absolute atomic E-state index is 13.0. The Kier molecular flexibility index (Phi) is 9.76. The molecule has 0 saturated carbocycles. The van der Waals surface area contributed by atoms with Gasteiger partial charge >= 0.3 is 0 Å². The van der Waals surface area contributed by atoms with Crippen LogP contribution in [0.3, 0.4) is 0 Å². The zero-order valence-electron chi connectivity index (χ0n) is 23.9. The zero-order valence-corrected chi connectivity index (χ0v) is 25.7. The number of carbonyl (C=O) groups is 3. The number of hydrogen-bond donors (Lipinski definition) is 4. The topological polar surface area (TPSA) is 160 Å². The minimum atomic E-state index is -2.39. The summed E-state index contributed by atoms with van der Waals surface area (Å²) >= 11 is 6.15. The first-order chi connectivity index (χ1) is 19.9. The van der Waals surface area contributed by atoms with Crippen LogP contribution in [0.25, 0.3) is 5.69 Å². The lowest BCUT2D eigenvalue weighted by molar-refractivity contribution is -0.126. The van der Waals surface area contributed by atoms with E-state index in [0.29, 0.717) is 28.1 Å². The van der Waals surface area contributed by atoms with E-state index in [1.54, 1.807) is 32.3 Å². The fourth-order valence-corrected chi connectivity index (χ4v) is 5.14. The summed E-state index contributed by atoms with van der Waals surface area (Å²) < 4.78 is 7.36. The molecule has 1 aliphatic rings. The molecule has 2 heterocycles. The summed E-state index contributed by atoms with van der Waals surface area (Å²) in [6.07, 6.45) is 0.219. The van der Waals surface area contributed by atoms with E-state index in [4.69, 9.17) is 21.3 Å². The highest BCUT2D eigenvalue weighted by atomic mass is 35.5. The molecule has 1 aliphatic heterocycles. The highest BCUT2D eigenvalue weighted by Crippen LogP contribution is 2.34. The maximum atomic E-state index is 13.0. The van der Waals surface area contributed by atoms with Crippen molar-refractivity contribution < 1.29 is 23.9 Å². The van der Waals surface area contributed by atoms with Gasteiger partial charge in [-0.05, 0) is 50.3 Å². The minimum absolute atomic E-state index is 0.0643. The average molecular weight is 612 g/mol. The molecule has 0 fully saturated rings. The van der Waals surface area contributed by atoms with Gasteiger partial charge in [-0.15, -0.1) is 10.2 Å². The van der Waals surface area contributed by atoms with Gasteiger partial charge in [0.2, 0.25) is 26.0 Å². The highest BCUT2D eigenvalue weighted by Gasteiger charge is 2.30. The molecule has 1 aromatic heterocycles. The Labute approximate surface area is 249 Å². The van der Waals surface area contributed by atoms with Gasteiger partial charge in [0, 0.05) is 35.3 Å². The average Bonchev–Trinajstić information content (AvgIpc) is 3.27. The van der Waals surface area contributed by atoms with Crippen LogP contribution in [-0.2, 0) is 14.4 Å². The van der Waals surface area contributed by atoms with Crippen LogP contribution < -0.4 is 20.7 Å². The van der Waals surface area contributed by atoms with Crippen molar-refractivity contribution in [1.29, 1.82) is 0 Å². The van der Waals surface area contributed by atoms with E-state index in [0.717, 1.165) is 16.8 Å². The lowest BCUT2D eigenvalue weighted by Gasteiger charge is -2.15. The van der Waals surface area contributed by atoms with E-state index in [9.17, 15) is 19.2 Å². The molecule has 0 radical (unpaired) electrons. The summed E-state index contributed by atoms with van der Waals surface area (Å²) in [7, 11) is -0.807. The molecule has 0 bridgehead atoms. The maximum Gasteiger partial charge on any atom is 0.239 e. The Morgan fingerprint density at radius 2 is 1.76 bits per heavy atom. The number of hydrogen-bond acceptors (Lipinski definition) is 8. The number of aryl methyl sites for hydroxylation is 1. The second-order valence-corrected chi connectivity index (χ2v) is 14.9. The van der Waals surface area contributed by atoms with E-state index >= 15 is 0 Å². The van der Waals surface area contributed by atoms with Crippen molar-refractivity contribution in [2.24, 2.45) is 4.99 Å². The second kappa shape index (κ2) is 13.3. The van der Waals surface area contributed by atoms with E-state index in [2.05, 4.69) is 26.1 Å². The molecule has 4 N–H and O–H groups in total. The number of methoxy groups -OCH3 is 1. The van der Waals surface area contributed by atoms with Crippen LogP contribution in [0, 0.1) is 6.92 Å². The molecule has 4 rings (SSSR count). The molecular weight excluding hydrogens is 578 g/mol. The van der Waals surface area contributed by atoms with Gasteiger partial charge in [-0.3, -0.25) is 23.9 Å². The highest BCUT2D eigenvalue weighted by molar-refractivity contribution is 6.70. The first kappa shape index (κ1) is 30.9. The number of rotatable bonds is 11. The van der Waals surface area contributed by atoms with Crippen LogP contribution >= 0.6 is 11.6 Å².